The second kappa shape index (κ2) is 8.54. The van der Waals surface area contributed by atoms with Crippen LogP contribution in [0.25, 0.3) is 0 Å². The fourth-order valence-corrected chi connectivity index (χ4v) is 3.86. The molecule has 2 aliphatic rings. The maximum absolute atomic E-state index is 13.6. The zero-order chi connectivity index (χ0) is 19.3. The Morgan fingerprint density at radius 3 is 2.57 bits per heavy atom. The lowest BCUT2D eigenvalue weighted by Gasteiger charge is -2.33. The van der Waals surface area contributed by atoms with E-state index >= 15 is 0 Å². The van der Waals surface area contributed by atoms with Gasteiger partial charge in [-0.2, -0.15) is 0 Å². The van der Waals surface area contributed by atoms with E-state index in [9.17, 15) is 9.59 Å². The van der Waals surface area contributed by atoms with Gasteiger partial charge in [-0.05, 0) is 23.8 Å². The fraction of sp³-hybridized carbons (Fsp3) is 0.364. The van der Waals surface area contributed by atoms with Crippen LogP contribution in [0.2, 0.25) is 0 Å². The van der Waals surface area contributed by atoms with Crippen LogP contribution in [0.15, 0.2) is 54.6 Å². The van der Waals surface area contributed by atoms with E-state index in [0.29, 0.717) is 6.54 Å². The van der Waals surface area contributed by atoms with Crippen LogP contribution in [0.3, 0.4) is 0 Å². The topological polar surface area (TPSA) is 61.9 Å². The Labute approximate surface area is 165 Å². The molecule has 1 N–H and O–H groups in total. The third-order valence-corrected chi connectivity index (χ3v) is 5.38. The van der Waals surface area contributed by atoms with Crippen LogP contribution in [0.5, 0.6) is 0 Å². The Kier molecular flexibility index (Phi) is 5.69. The van der Waals surface area contributed by atoms with E-state index in [1.165, 1.54) is 0 Å². The van der Waals surface area contributed by atoms with Gasteiger partial charge in [-0.3, -0.25) is 14.5 Å². The number of anilines is 2. The van der Waals surface area contributed by atoms with Gasteiger partial charge in [-0.25, -0.2) is 0 Å². The Morgan fingerprint density at radius 2 is 1.79 bits per heavy atom. The molecule has 0 radical (unpaired) electrons. The average molecular weight is 379 g/mol. The third-order valence-electron chi connectivity index (χ3n) is 5.38. The Balaban J connectivity index is 1.59. The van der Waals surface area contributed by atoms with Gasteiger partial charge >= 0.3 is 0 Å². The number of amides is 2. The predicted molar refractivity (Wildman–Crippen MR) is 108 cm³/mol. The van der Waals surface area contributed by atoms with Crippen molar-refractivity contribution in [2.24, 2.45) is 0 Å². The molecule has 146 valence electrons. The van der Waals surface area contributed by atoms with Gasteiger partial charge in [0.1, 0.15) is 0 Å². The molecule has 0 saturated carbocycles. The lowest BCUT2D eigenvalue weighted by atomic mass is 9.89. The maximum atomic E-state index is 13.6. The zero-order valence-corrected chi connectivity index (χ0v) is 15.8. The number of hydrogen-bond donors (Lipinski definition) is 1. The highest BCUT2D eigenvalue weighted by molar-refractivity contribution is 6.06. The van der Waals surface area contributed by atoms with Gasteiger partial charge in [-0.15, -0.1) is 0 Å². The Morgan fingerprint density at radius 1 is 1.07 bits per heavy atom. The maximum Gasteiger partial charge on any atom is 0.235 e. The number of fused-ring (bicyclic) bond motifs is 1. The number of hydrogen-bond acceptors (Lipinski definition) is 4. The first kappa shape index (κ1) is 18.7. The van der Waals surface area contributed by atoms with Gasteiger partial charge in [0, 0.05) is 44.0 Å². The second-order valence-corrected chi connectivity index (χ2v) is 7.17. The van der Waals surface area contributed by atoms with E-state index < -0.39 is 5.92 Å². The van der Waals surface area contributed by atoms with Crippen molar-refractivity contribution in [3.05, 3.63) is 60.2 Å². The van der Waals surface area contributed by atoms with Crippen LogP contribution < -0.4 is 10.2 Å². The fourth-order valence-electron chi connectivity index (χ4n) is 3.86. The van der Waals surface area contributed by atoms with Gasteiger partial charge < -0.3 is 15.0 Å². The summed E-state index contributed by atoms with van der Waals surface area (Å²) in [5, 5.41) is 2.88. The predicted octanol–water partition coefficient (Wildman–Crippen LogP) is 2.48. The van der Waals surface area contributed by atoms with Gasteiger partial charge in [0.15, 0.2) is 0 Å². The van der Waals surface area contributed by atoms with E-state index in [4.69, 9.17) is 4.74 Å². The molecular formula is C22H25N3O3. The molecule has 0 spiro atoms. The van der Waals surface area contributed by atoms with E-state index in [1.807, 2.05) is 59.5 Å². The highest BCUT2D eigenvalue weighted by Gasteiger charge is 2.34. The monoisotopic (exact) mass is 379 g/mol. The molecule has 0 bridgehead atoms. The Bertz CT molecular complexity index is 834. The molecule has 1 fully saturated rings. The minimum Gasteiger partial charge on any atom is -0.379 e. The highest BCUT2D eigenvalue weighted by atomic mass is 16.5. The van der Waals surface area contributed by atoms with Gasteiger partial charge in [0.05, 0.1) is 19.1 Å². The number of carbonyl (C=O) groups excluding carboxylic acids is 2. The molecule has 2 amide bonds. The molecule has 1 unspecified atom stereocenters. The molecular weight excluding hydrogens is 354 g/mol. The van der Waals surface area contributed by atoms with Crippen molar-refractivity contribution >= 4 is 23.2 Å². The van der Waals surface area contributed by atoms with Crippen LogP contribution >= 0.6 is 0 Å². The normalized spacial score (nSPS) is 19.6. The van der Waals surface area contributed by atoms with Gasteiger partial charge in [0.2, 0.25) is 11.8 Å². The zero-order valence-electron chi connectivity index (χ0n) is 15.8. The molecule has 6 heteroatoms. The molecule has 0 aliphatic carbocycles. The van der Waals surface area contributed by atoms with E-state index in [2.05, 4.69) is 10.2 Å². The SMILES string of the molecule is O=C1CC(C(=O)N(CCN2CCOCC2)c2ccccc2)c2ccccc2N1. The Hall–Kier alpha value is -2.70. The standard InChI is InChI=1S/C22H25N3O3/c26-21-16-19(18-8-4-5-9-20(18)23-21)22(27)25(17-6-2-1-3-7-17)11-10-24-12-14-28-15-13-24/h1-9,19H,10-16H2,(H,23,26). The molecule has 0 aromatic heterocycles. The van der Waals surface area contributed by atoms with Crippen molar-refractivity contribution in [3.63, 3.8) is 0 Å². The first-order valence-electron chi connectivity index (χ1n) is 9.77. The lowest BCUT2D eigenvalue weighted by Crippen LogP contribution is -2.45. The first-order chi connectivity index (χ1) is 13.7. The minimum absolute atomic E-state index is 0.0261. The van der Waals surface area contributed by atoms with Crippen LogP contribution in [0.1, 0.15) is 17.9 Å². The molecule has 2 aromatic rings. The summed E-state index contributed by atoms with van der Waals surface area (Å²) < 4.78 is 5.42. The number of morpholine rings is 1. The number of carbonyl (C=O) groups is 2. The number of benzene rings is 2. The lowest BCUT2D eigenvalue weighted by molar-refractivity contribution is -0.124. The summed E-state index contributed by atoms with van der Waals surface area (Å²) in [5.74, 6) is -0.602. The summed E-state index contributed by atoms with van der Waals surface area (Å²) in [6.45, 7) is 4.59. The molecule has 1 saturated heterocycles. The third kappa shape index (κ3) is 4.08. The summed E-state index contributed by atoms with van der Waals surface area (Å²) in [7, 11) is 0. The molecule has 1 atom stereocenters. The van der Waals surface area contributed by atoms with E-state index in [-0.39, 0.29) is 18.2 Å². The number of nitrogens with zero attached hydrogens (tertiary/aromatic N) is 2. The molecule has 4 rings (SSSR count). The summed E-state index contributed by atoms with van der Waals surface area (Å²) in [4.78, 5) is 29.9. The number of nitrogens with one attached hydrogen (secondary N) is 1. The van der Waals surface area contributed by atoms with Crippen molar-refractivity contribution in [1.82, 2.24) is 4.90 Å². The van der Waals surface area contributed by atoms with Crippen molar-refractivity contribution in [1.29, 1.82) is 0 Å². The van der Waals surface area contributed by atoms with E-state index in [0.717, 1.165) is 49.8 Å². The largest absolute Gasteiger partial charge is 0.379 e. The molecule has 2 heterocycles. The van der Waals surface area contributed by atoms with Crippen molar-refractivity contribution in [3.8, 4) is 0 Å². The van der Waals surface area contributed by atoms with Crippen molar-refractivity contribution in [2.45, 2.75) is 12.3 Å². The van der Waals surface area contributed by atoms with Crippen LogP contribution in [0.4, 0.5) is 11.4 Å². The van der Waals surface area contributed by atoms with E-state index in [1.54, 1.807) is 0 Å². The summed E-state index contributed by atoms with van der Waals surface area (Å²) in [6.07, 6.45) is 0.177. The summed E-state index contributed by atoms with van der Waals surface area (Å²) >= 11 is 0. The van der Waals surface area contributed by atoms with Gasteiger partial charge in [0.25, 0.3) is 0 Å². The average Bonchev–Trinajstić information content (AvgIpc) is 2.74. The van der Waals surface area contributed by atoms with Crippen LogP contribution in [-0.4, -0.2) is 56.1 Å². The van der Waals surface area contributed by atoms with Crippen molar-refractivity contribution in [2.75, 3.05) is 49.6 Å². The molecule has 2 aromatic carbocycles. The number of rotatable bonds is 5. The van der Waals surface area contributed by atoms with Crippen molar-refractivity contribution < 1.29 is 14.3 Å². The minimum atomic E-state index is -0.463. The quantitative estimate of drug-likeness (QED) is 0.867. The molecule has 28 heavy (non-hydrogen) atoms. The number of ether oxygens (including phenoxy) is 1. The second-order valence-electron chi connectivity index (χ2n) is 7.17. The highest BCUT2D eigenvalue weighted by Crippen LogP contribution is 2.34. The molecule has 6 nitrogen and oxygen atoms in total. The smallest absolute Gasteiger partial charge is 0.235 e. The van der Waals surface area contributed by atoms with Crippen LogP contribution in [-0.2, 0) is 14.3 Å². The first-order valence-corrected chi connectivity index (χ1v) is 9.77. The van der Waals surface area contributed by atoms with Gasteiger partial charge in [-0.1, -0.05) is 36.4 Å². The molecule has 2 aliphatic heterocycles. The van der Waals surface area contributed by atoms with Crippen LogP contribution in [0, 0.1) is 0 Å². The summed E-state index contributed by atoms with van der Waals surface area (Å²) in [5.41, 5.74) is 2.49. The summed E-state index contributed by atoms with van der Waals surface area (Å²) in [6, 6.07) is 17.3. The number of para-hydroxylation sites is 2.